The van der Waals surface area contributed by atoms with Gasteiger partial charge in [0.1, 0.15) is 18.0 Å². The maximum atomic E-state index is 12.7. The minimum absolute atomic E-state index is 0.0108. The minimum atomic E-state index is -1.03. The highest BCUT2D eigenvalue weighted by molar-refractivity contribution is 9.10. The van der Waals surface area contributed by atoms with Crippen molar-refractivity contribution in [3.63, 3.8) is 0 Å². The molecule has 1 saturated carbocycles. The van der Waals surface area contributed by atoms with Gasteiger partial charge in [-0.25, -0.2) is 0 Å². The molecule has 0 saturated heterocycles. The number of aliphatic carboxylic acids is 1. The summed E-state index contributed by atoms with van der Waals surface area (Å²) < 4.78 is 11.0. The molecule has 0 bridgehead atoms. The van der Waals surface area contributed by atoms with Crippen LogP contribution in [-0.4, -0.2) is 48.7 Å². The first kappa shape index (κ1) is 15.6. The highest BCUT2D eigenvalue weighted by atomic mass is 79.9. The van der Waals surface area contributed by atoms with Crippen LogP contribution in [0, 0.1) is 0 Å². The molecule has 0 aliphatic heterocycles. The van der Waals surface area contributed by atoms with Crippen LogP contribution in [0.15, 0.2) is 16.6 Å². The Morgan fingerprint density at radius 3 is 2.48 bits per heavy atom. The molecule has 6 nitrogen and oxygen atoms in total. The summed E-state index contributed by atoms with van der Waals surface area (Å²) in [5, 5.41) is 8.98. The fourth-order valence-electron chi connectivity index (χ4n) is 2.11. The number of benzene rings is 1. The molecule has 0 aromatic heterocycles. The number of amides is 1. The summed E-state index contributed by atoms with van der Waals surface area (Å²) in [5.74, 6) is -0.526. The van der Waals surface area contributed by atoms with E-state index in [1.54, 1.807) is 12.1 Å². The lowest BCUT2D eigenvalue weighted by Gasteiger charge is -2.22. The zero-order valence-corrected chi connectivity index (χ0v) is 13.3. The van der Waals surface area contributed by atoms with E-state index < -0.39 is 5.97 Å². The van der Waals surface area contributed by atoms with Crippen molar-refractivity contribution < 1.29 is 24.2 Å². The Kier molecular flexibility index (Phi) is 4.72. The van der Waals surface area contributed by atoms with E-state index >= 15 is 0 Å². The van der Waals surface area contributed by atoms with Gasteiger partial charge in [-0.2, -0.15) is 0 Å². The number of carboxylic acids is 1. The van der Waals surface area contributed by atoms with E-state index in [2.05, 4.69) is 15.9 Å². The normalized spacial score (nSPS) is 13.7. The van der Waals surface area contributed by atoms with E-state index in [0.717, 1.165) is 12.8 Å². The van der Waals surface area contributed by atoms with E-state index in [0.29, 0.717) is 16.0 Å². The van der Waals surface area contributed by atoms with Crippen LogP contribution in [0.3, 0.4) is 0 Å². The predicted octanol–water partition coefficient (Wildman–Crippen LogP) is 2.16. The first-order valence-corrected chi connectivity index (χ1v) is 7.21. The van der Waals surface area contributed by atoms with E-state index in [9.17, 15) is 9.59 Å². The number of hydrogen-bond acceptors (Lipinski definition) is 4. The van der Waals surface area contributed by atoms with Crippen molar-refractivity contribution >= 4 is 27.8 Å². The van der Waals surface area contributed by atoms with Gasteiger partial charge in [0.15, 0.2) is 0 Å². The Labute approximate surface area is 130 Å². The zero-order chi connectivity index (χ0) is 15.6. The number of ether oxygens (including phenoxy) is 2. The van der Waals surface area contributed by atoms with Crippen LogP contribution >= 0.6 is 15.9 Å². The fraction of sp³-hybridized carbons (Fsp3) is 0.429. The average Bonchev–Trinajstić information content (AvgIpc) is 3.27. The summed E-state index contributed by atoms with van der Waals surface area (Å²) in [7, 11) is 2.96. The van der Waals surface area contributed by atoms with Crippen LogP contribution in [-0.2, 0) is 4.79 Å². The molecule has 21 heavy (non-hydrogen) atoms. The number of nitrogens with zero attached hydrogens (tertiary/aromatic N) is 1. The second-order valence-electron chi connectivity index (χ2n) is 4.75. The molecule has 1 aromatic carbocycles. The zero-order valence-electron chi connectivity index (χ0n) is 11.8. The summed E-state index contributed by atoms with van der Waals surface area (Å²) in [6, 6.07) is 3.24. The quantitative estimate of drug-likeness (QED) is 0.844. The first-order chi connectivity index (χ1) is 9.97. The molecule has 0 radical (unpaired) electrons. The van der Waals surface area contributed by atoms with Gasteiger partial charge >= 0.3 is 5.97 Å². The number of methoxy groups -OCH3 is 2. The van der Waals surface area contributed by atoms with Gasteiger partial charge < -0.3 is 19.5 Å². The summed E-state index contributed by atoms with van der Waals surface area (Å²) in [6.45, 7) is -0.318. The molecule has 1 aliphatic rings. The Hall–Kier alpha value is -1.76. The molecule has 0 unspecified atom stereocenters. The largest absolute Gasteiger partial charge is 0.497 e. The van der Waals surface area contributed by atoms with Crippen LogP contribution in [0.25, 0.3) is 0 Å². The molecule has 0 atom stereocenters. The lowest BCUT2D eigenvalue weighted by molar-refractivity contribution is -0.137. The van der Waals surface area contributed by atoms with Crippen LogP contribution in [0.4, 0.5) is 0 Å². The van der Waals surface area contributed by atoms with Gasteiger partial charge in [0.2, 0.25) is 0 Å². The molecule has 2 rings (SSSR count). The smallest absolute Gasteiger partial charge is 0.323 e. The van der Waals surface area contributed by atoms with Gasteiger partial charge in [-0.3, -0.25) is 9.59 Å². The average molecular weight is 358 g/mol. The Morgan fingerprint density at radius 2 is 2.00 bits per heavy atom. The molecule has 7 heteroatoms. The van der Waals surface area contributed by atoms with Gasteiger partial charge in [-0.15, -0.1) is 0 Å². The number of halogens is 1. The van der Waals surface area contributed by atoms with Crippen LogP contribution in [0.5, 0.6) is 11.5 Å². The van der Waals surface area contributed by atoms with Crippen molar-refractivity contribution in [2.45, 2.75) is 18.9 Å². The molecule has 114 valence electrons. The Morgan fingerprint density at radius 1 is 1.33 bits per heavy atom. The summed E-state index contributed by atoms with van der Waals surface area (Å²) >= 11 is 3.33. The summed E-state index contributed by atoms with van der Waals surface area (Å²) in [6.07, 6.45) is 1.65. The van der Waals surface area contributed by atoms with Crippen molar-refractivity contribution in [3.05, 3.63) is 22.2 Å². The minimum Gasteiger partial charge on any atom is -0.497 e. The molecule has 1 aromatic rings. The van der Waals surface area contributed by atoms with Gasteiger partial charge in [0.25, 0.3) is 5.91 Å². The predicted molar refractivity (Wildman–Crippen MR) is 78.9 cm³/mol. The topological polar surface area (TPSA) is 76.1 Å². The van der Waals surface area contributed by atoms with Crippen molar-refractivity contribution in [1.82, 2.24) is 4.90 Å². The molecule has 0 spiro atoms. The standard InChI is InChI=1S/C14H16BrNO5/c1-20-9-5-10(13(21-2)11(15)6-9)14(19)16(7-12(17)18)8-3-4-8/h5-6,8H,3-4,7H2,1-2H3,(H,17,18). The molecular weight excluding hydrogens is 342 g/mol. The van der Waals surface area contributed by atoms with Gasteiger partial charge in [-0.1, -0.05) is 0 Å². The third-order valence-corrected chi connectivity index (χ3v) is 3.83. The maximum Gasteiger partial charge on any atom is 0.323 e. The highest BCUT2D eigenvalue weighted by Crippen LogP contribution is 2.36. The van der Waals surface area contributed by atoms with E-state index in [-0.39, 0.29) is 24.1 Å². The van der Waals surface area contributed by atoms with E-state index in [1.165, 1.54) is 19.1 Å². The lowest BCUT2D eigenvalue weighted by atomic mass is 10.1. The van der Waals surface area contributed by atoms with Crippen molar-refractivity contribution in [2.75, 3.05) is 20.8 Å². The third-order valence-electron chi connectivity index (χ3n) is 3.24. The van der Waals surface area contributed by atoms with Gasteiger partial charge in [0, 0.05) is 6.04 Å². The van der Waals surface area contributed by atoms with Gasteiger partial charge in [0.05, 0.1) is 24.3 Å². The molecule has 1 N–H and O–H groups in total. The Balaban J connectivity index is 2.40. The van der Waals surface area contributed by atoms with Crippen molar-refractivity contribution in [2.24, 2.45) is 0 Å². The van der Waals surface area contributed by atoms with E-state index in [1.807, 2.05) is 0 Å². The number of carbonyl (C=O) groups is 2. The number of carboxylic acid groups (broad SMARTS) is 1. The second kappa shape index (κ2) is 6.34. The molecule has 1 aliphatic carbocycles. The fourth-order valence-corrected chi connectivity index (χ4v) is 2.71. The monoisotopic (exact) mass is 357 g/mol. The highest BCUT2D eigenvalue weighted by Gasteiger charge is 2.35. The van der Waals surface area contributed by atoms with E-state index in [4.69, 9.17) is 14.6 Å². The number of rotatable bonds is 6. The number of hydrogen-bond donors (Lipinski definition) is 1. The van der Waals surface area contributed by atoms with Crippen LogP contribution in [0.1, 0.15) is 23.2 Å². The van der Waals surface area contributed by atoms with Crippen molar-refractivity contribution in [3.8, 4) is 11.5 Å². The van der Waals surface area contributed by atoms with Gasteiger partial charge in [-0.05, 0) is 40.9 Å². The number of carbonyl (C=O) groups excluding carboxylic acids is 1. The maximum absolute atomic E-state index is 12.7. The first-order valence-electron chi connectivity index (χ1n) is 6.42. The Bertz CT molecular complexity index is 571. The van der Waals surface area contributed by atoms with Crippen LogP contribution < -0.4 is 9.47 Å². The second-order valence-corrected chi connectivity index (χ2v) is 5.60. The SMILES string of the molecule is COc1cc(Br)c(OC)c(C(=O)N(CC(=O)O)C2CC2)c1. The molecular formula is C14H16BrNO5. The third kappa shape index (κ3) is 3.47. The summed E-state index contributed by atoms with van der Waals surface area (Å²) in [4.78, 5) is 25.0. The summed E-state index contributed by atoms with van der Waals surface area (Å²) in [5.41, 5.74) is 0.289. The molecule has 1 amide bonds. The van der Waals surface area contributed by atoms with Crippen LogP contribution in [0.2, 0.25) is 0 Å². The van der Waals surface area contributed by atoms with Crippen molar-refractivity contribution in [1.29, 1.82) is 0 Å². The molecule has 1 fully saturated rings. The molecule has 0 heterocycles. The lowest BCUT2D eigenvalue weighted by Crippen LogP contribution is -2.37.